The first-order valence-corrected chi connectivity index (χ1v) is 8.79. The maximum absolute atomic E-state index is 6.27. The number of nitrogens with one attached hydrogen (secondary N) is 1. The van der Waals surface area contributed by atoms with Crippen LogP contribution in [0.3, 0.4) is 0 Å². The molecule has 1 aromatic carbocycles. The van der Waals surface area contributed by atoms with Crippen molar-refractivity contribution in [1.82, 2.24) is 5.32 Å². The van der Waals surface area contributed by atoms with Gasteiger partial charge in [-0.05, 0) is 74.2 Å². The second kappa shape index (κ2) is 6.83. The molecule has 1 N–H and O–H groups in total. The smallest absolute Gasteiger partial charge is 0.120 e. The lowest BCUT2D eigenvalue weighted by molar-refractivity contribution is 0.129. The van der Waals surface area contributed by atoms with Gasteiger partial charge in [0.1, 0.15) is 5.75 Å². The van der Waals surface area contributed by atoms with Crippen molar-refractivity contribution in [2.45, 2.75) is 70.9 Å². The number of hydrogen-bond acceptors (Lipinski definition) is 2. The zero-order valence-corrected chi connectivity index (χ0v) is 13.5. The summed E-state index contributed by atoms with van der Waals surface area (Å²) in [6.45, 7) is 5.59. The van der Waals surface area contributed by atoms with Crippen molar-refractivity contribution >= 4 is 0 Å². The Hall–Kier alpha value is -1.02. The lowest BCUT2D eigenvalue weighted by atomic mass is 9.87. The van der Waals surface area contributed by atoms with Gasteiger partial charge < -0.3 is 10.1 Å². The SMILES string of the molecule is CCNC1CCCc2cc(OC3CCCC(C)C3)ccc21. The number of ether oxygens (including phenoxy) is 1. The molecule has 3 atom stereocenters. The predicted octanol–water partition coefficient (Wildman–Crippen LogP) is 4.63. The molecular formula is C19H29NO. The fourth-order valence-corrected chi connectivity index (χ4v) is 4.00. The molecule has 0 radical (unpaired) electrons. The quantitative estimate of drug-likeness (QED) is 0.871. The van der Waals surface area contributed by atoms with Gasteiger partial charge in [-0.15, -0.1) is 0 Å². The van der Waals surface area contributed by atoms with Crippen LogP contribution in [0.1, 0.15) is 69.5 Å². The third-order valence-corrected chi connectivity index (χ3v) is 5.07. The second-order valence-electron chi connectivity index (χ2n) is 6.87. The minimum absolute atomic E-state index is 0.431. The van der Waals surface area contributed by atoms with Crippen molar-refractivity contribution in [2.24, 2.45) is 5.92 Å². The zero-order valence-electron chi connectivity index (χ0n) is 13.5. The summed E-state index contributed by atoms with van der Waals surface area (Å²) in [4.78, 5) is 0. The monoisotopic (exact) mass is 287 g/mol. The molecule has 2 aliphatic rings. The minimum atomic E-state index is 0.431. The normalized spacial score (nSPS) is 29.0. The Bertz CT molecular complexity index is 471. The third-order valence-electron chi connectivity index (χ3n) is 5.07. The van der Waals surface area contributed by atoms with Crippen LogP contribution < -0.4 is 10.1 Å². The number of rotatable bonds is 4. The van der Waals surface area contributed by atoms with E-state index in [2.05, 4.69) is 37.4 Å². The summed E-state index contributed by atoms with van der Waals surface area (Å²) in [5.74, 6) is 1.91. The van der Waals surface area contributed by atoms with Crippen LogP contribution >= 0.6 is 0 Å². The highest BCUT2D eigenvalue weighted by atomic mass is 16.5. The molecule has 0 heterocycles. The zero-order chi connectivity index (χ0) is 14.7. The molecule has 2 aliphatic carbocycles. The topological polar surface area (TPSA) is 21.3 Å². The first-order valence-electron chi connectivity index (χ1n) is 8.79. The summed E-state index contributed by atoms with van der Waals surface area (Å²) in [6.07, 6.45) is 9.32. The second-order valence-corrected chi connectivity index (χ2v) is 6.87. The van der Waals surface area contributed by atoms with Gasteiger partial charge >= 0.3 is 0 Å². The minimum Gasteiger partial charge on any atom is -0.490 e. The van der Waals surface area contributed by atoms with Gasteiger partial charge in [-0.2, -0.15) is 0 Å². The van der Waals surface area contributed by atoms with E-state index in [1.807, 2.05) is 0 Å². The van der Waals surface area contributed by atoms with Gasteiger partial charge in [0.15, 0.2) is 0 Å². The van der Waals surface area contributed by atoms with Crippen molar-refractivity contribution in [3.05, 3.63) is 29.3 Å². The van der Waals surface area contributed by atoms with E-state index in [1.165, 1.54) is 56.1 Å². The van der Waals surface area contributed by atoms with Crippen LogP contribution in [0.5, 0.6) is 5.75 Å². The van der Waals surface area contributed by atoms with Crippen molar-refractivity contribution in [2.75, 3.05) is 6.54 Å². The maximum Gasteiger partial charge on any atom is 0.120 e. The van der Waals surface area contributed by atoms with Gasteiger partial charge in [0.2, 0.25) is 0 Å². The predicted molar refractivity (Wildman–Crippen MR) is 87.8 cm³/mol. The molecule has 0 spiro atoms. The van der Waals surface area contributed by atoms with E-state index < -0.39 is 0 Å². The number of hydrogen-bond donors (Lipinski definition) is 1. The molecule has 1 saturated carbocycles. The van der Waals surface area contributed by atoms with Crippen LogP contribution in [0.25, 0.3) is 0 Å². The highest BCUT2D eigenvalue weighted by Gasteiger charge is 2.22. The molecule has 116 valence electrons. The molecule has 0 amide bonds. The maximum atomic E-state index is 6.27. The van der Waals surface area contributed by atoms with Gasteiger partial charge in [0.25, 0.3) is 0 Å². The van der Waals surface area contributed by atoms with Crippen molar-refractivity contribution in [3.8, 4) is 5.75 Å². The van der Waals surface area contributed by atoms with Gasteiger partial charge in [0.05, 0.1) is 6.10 Å². The summed E-state index contributed by atoms with van der Waals surface area (Å²) < 4.78 is 6.27. The number of aryl methyl sites for hydroxylation is 1. The summed E-state index contributed by atoms with van der Waals surface area (Å²) in [7, 11) is 0. The number of benzene rings is 1. The van der Waals surface area contributed by atoms with E-state index >= 15 is 0 Å². The van der Waals surface area contributed by atoms with E-state index in [0.29, 0.717) is 12.1 Å². The van der Waals surface area contributed by atoms with E-state index in [4.69, 9.17) is 4.74 Å². The molecule has 1 aromatic rings. The molecule has 3 rings (SSSR count). The van der Waals surface area contributed by atoms with E-state index in [9.17, 15) is 0 Å². The molecule has 2 nitrogen and oxygen atoms in total. The third kappa shape index (κ3) is 3.60. The average molecular weight is 287 g/mol. The van der Waals surface area contributed by atoms with Crippen molar-refractivity contribution in [1.29, 1.82) is 0 Å². The lowest BCUT2D eigenvalue weighted by Crippen LogP contribution is -2.26. The molecule has 1 fully saturated rings. The van der Waals surface area contributed by atoms with Gasteiger partial charge in [-0.3, -0.25) is 0 Å². The fourth-order valence-electron chi connectivity index (χ4n) is 4.00. The molecule has 3 unspecified atom stereocenters. The summed E-state index contributed by atoms with van der Waals surface area (Å²) in [6, 6.07) is 7.33. The Labute approximate surface area is 129 Å². The Balaban J connectivity index is 1.70. The van der Waals surface area contributed by atoms with Crippen LogP contribution in [0.15, 0.2) is 18.2 Å². The molecule has 21 heavy (non-hydrogen) atoms. The highest BCUT2D eigenvalue weighted by molar-refractivity contribution is 5.39. The molecular weight excluding hydrogens is 258 g/mol. The Morgan fingerprint density at radius 3 is 2.90 bits per heavy atom. The fraction of sp³-hybridized carbons (Fsp3) is 0.684. The van der Waals surface area contributed by atoms with Crippen LogP contribution in [0.2, 0.25) is 0 Å². The van der Waals surface area contributed by atoms with E-state index in [0.717, 1.165) is 18.2 Å². The molecule has 0 aliphatic heterocycles. The summed E-state index contributed by atoms with van der Waals surface area (Å²) in [5.41, 5.74) is 2.99. The van der Waals surface area contributed by atoms with Crippen LogP contribution in [-0.4, -0.2) is 12.6 Å². The van der Waals surface area contributed by atoms with E-state index in [-0.39, 0.29) is 0 Å². The van der Waals surface area contributed by atoms with Gasteiger partial charge in [0, 0.05) is 6.04 Å². The van der Waals surface area contributed by atoms with E-state index in [1.54, 1.807) is 0 Å². The molecule has 0 saturated heterocycles. The Morgan fingerprint density at radius 2 is 2.10 bits per heavy atom. The Morgan fingerprint density at radius 1 is 1.19 bits per heavy atom. The first kappa shape index (κ1) is 14.9. The first-order chi connectivity index (χ1) is 10.3. The molecule has 0 bridgehead atoms. The van der Waals surface area contributed by atoms with Crippen LogP contribution in [0.4, 0.5) is 0 Å². The van der Waals surface area contributed by atoms with Gasteiger partial charge in [-0.1, -0.05) is 26.3 Å². The van der Waals surface area contributed by atoms with Crippen molar-refractivity contribution in [3.63, 3.8) is 0 Å². The van der Waals surface area contributed by atoms with Crippen LogP contribution in [0, 0.1) is 5.92 Å². The van der Waals surface area contributed by atoms with Crippen LogP contribution in [-0.2, 0) is 6.42 Å². The lowest BCUT2D eigenvalue weighted by Gasteiger charge is -2.29. The summed E-state index contributed by atoms with van der Waals surface area (Å²) in [5, 5.41) is 3.61. The summed E-state index contributed by atoms with van der Waals surface area (Å²) >= 11 is 0. The molecule has 2 heteroatoms. The standard InChI is InChI=1S/C19H29NO/c1-3-20-19-9-5-7-15-13-17(10-11-18(15)19)21-16-8-4-6-14(2)12-16/h10-11,13-14,16,19-20H,3-9,12H2,1-2H3. The largest absolute Gasteiger partial charge is 0.490 e. The van der Waals surface area contributed by atoms with Crippen molar-refractivity contribution < 1.29 is 4.74 Å². The molecule has 0 aromatic heterocycles. The Kier molecular flexibility index (Phi) is 4.84. The average Bonchev–Trinajstić information content (AvgIpc) is 2.48. The highest BCUT2D eigenvalue weighted by Crippen LogP contribution is 2.33. The van der Waals surface area contributed by atoms with Gasteiger partial charge in [-0.25, -0.2) is 0 Å². The number of fused-ring (bicyclic) bond motifs is 1.